The van der Waals surface area contributed by atoms with E-state index in [0.717, 1.165) is 25.9 Å². The first-order chi connectivity index (χ1) is 6.34. The molecule has 2 heterocycles. The Morgan fingerprint density at radius 2 is 2.15 bits per heavy atom. The summed E-state index contributed by atoms with van der Waals surface area (Å²) < 4.78 is 0. The quantitative estimate of drug-likeness (QED) is 0.497. The zero-order valence-corrected chi connectivity index (χ0v) is 7.38. The molecule has 72 valence electrons. The lowest BCUT2D eigenvalue weighted by atomic mass is 10.1. The third-order valence-electron chi connectivity index (χ3n) is 2.18. The predicted octanol–water partition coefficient (Wildman–Crippen LogP) is -0.449. The second-order valence-electron chi connectivity index (χ2n) is 3.21. The molecule has 1 aromatic heterocycles. The molecule has 0 spiro atoms. The first-order valence-corrected chi connectivity index (χ1v) is 4.50. The third kappa shape index (κ3) is 2.09. The summed E-state index contributed by atoms with van der Waals surface area (Å²) in [5, 5.41) is 13.0. The Balaban J connectivity index is 1.89. The van der Waals surface area contributed by atoms with Crippen LogP contribution in [0.15, 0.2) is 0 Å². The second-order valence-corrected chi connectivity index (χ2v) is 3.21. The van der Waals surface area contributed by atoms with E-state index in [1.54, 1.807) is 0 Å². The number of nitrogens with zero attached hydrogens (tertiary/aromatic N) is 2. The van der Waals surface area contributed by atoms with Gasteiger partial charge in [0, 0.05) is 6.04 Å². The van der Waals surface area contributed by atoms with Crippen molar-refractivity contribution in [2.45, 2.75) is 18.9 Å². The van der Waals surface area contributed by atoms with Crippen molar-refractivity contribution in [1.82, 2.24) is 20.5 Å². The van der Waals surface area contributed by atoms with E-state index in [-0.39, 0.29) is 0 Å². The Morgan fingerprint density at radius 3 is 2.77 bits per heavy atom. The van der Waals surface area contributed by atoms with Gasteiger partial charge in [0.1, 0.15) is 0 Å². The first kappa shape index (κ1) is 8.31. The van der Waals surface area contributed by atoms with Gasteiger partial charge in [-0.25, -0.2) is 5.10 Å². The molecule has 1 aromatic rings. The molecule has 6 heteroatoms. The maximum atomic E-state index is 5.40. The number of nitrogens with one attached hydrogen (secondary N) is 3. The molecule has 0 saturated carbocycles. The van der Waals surface area contributed by atoms with Crippen molar-refractivity contribution in [3.63, 3.8) is 0 Å². The van der Waals surface area contributed by atoms with Gasteiger partial charge in [0.05, 0.1) is 0 Å². The van der Waals surface area contributed by atoms with Gasteiger partial charge in [0.15, 0.2) is 0 Å². The maximum absolute atomic E-state index is 5.40. The van der Waals surface area contributed by atoms with Crippen molar-refractivity contribution in [1.29, 1.82) is 0 Å². The average molecular weight is 182 g/mol. The fourth-order valence-corrected chi connectivity index (χ4v) is 1.49. The predicted molar refractivity (Wildman–Crippen MR) is 50.3 cm³/mol. The zero-order chi connectivity index (χ0) is 9.10. The van der Waals surface area contributed by atoms with Crippen LogP contribution in [0.25, 0.3) is 0 Å². The van der Waals surface area contributed by atoms with Gasteiger partial charge >= 0.3 is 0 Å². The van der Waals surface area contributed by atoms with Gasteiger partial charge in [-0.15, -0.1) is 5.10 Å². The Bertz CT molecular complexity index is 264. The third-order valence-corrected chi connectivity index (χ3v) is 2.18. The normalized spacial score (nSPS) is 18.8. The summed E-state index contributed by atoms with van der Waals surface area (Å²) in [5.74, 6) is 0.959. The van der Waals surface area contributed by atoms with Crippen molar-refractivity contribution < 1.29 is 0 Å². The molecule has 1 saturated heterocycles. The van der Waals surface area contributed by atoms with Gasteiger partial charge in [0.25, 0.3) is 0 Å². The van der Waals surface area contributed by atoms with Gasteiger partial charge in [-0.2, -0.15) is 4.98 Å². The number of aromatic amines is 1. The number of hydrogen-bond acceptors (Lipinski definition) is 5. The summed E-state index contributed by atoms with van der Waals surface area (Å²) in [7, 11) is 0. The summed E-state index contributed by atoms with van der Waals surface area (Å²) in [6.45, 7) is 2.11. The fraction of sp³-hybridized carbons (Fsp3) is 0.714. The summed E-state index contributed by atoms with van der Waals surface area (Å²) in [6, 6.07) is 0.469. The summed E-state index contributed by atoms with van der Waals surface area (Å²) in [6.07, 6.45) is 2.21. The molecule has 5 N–H and O–H groups in total. The average Bonchev–Trinajstić information content (AvgIpc) is 2.53. The van der Waals surface area contributed by atoms with E-state index in [1.807, 2.05) is 0 Å². The van der Waals surface area contributed by atoms with E-state index in [2.05, 4.69) is 25.8 Å². The molecule has 0 atom stereocenters. The molecular weight excluding hydrogens is 168 g/mol. The first-order valence-electron chi connectivity index (χ1n) is 4.50. The van der Waals surface area contributed by atoms with Crippen LogP contribution < -0.4 is 16.4 Å². The Kier molecular flexibility index (Phi) is 2.31. The van der Waals surface area contributed by atoms with Crippen LogP contribution in [0.1, 0.15) is 12.8 Å². The van der Waals surface area contributed by atoms with Crippen LogP contribution in [-0.2, 0) is 0 Å². The minimum absolute atomic E-state index is 0.358. The Hall–Kier alpha value is -1.30. The van der Waals surface area contributed by atoms with Gasteiger partial charge in [0.2, 0.25) is 11.9 Å². The number of piperidine rings is 1. The minimum atomic E-state index is 0.358. The lowest BCUT2D eigenvalue weighted by molar-refractivity contribution is 0.477. The van der Waals surface area contributed by atoms with Crippen LogP contribution in [0.2, 0.25) is 0 Å². The molecule has 6 nitrogen and oxygen atoms in total. The van der Waals surface area contributed by atoms with Crippen molar-refractivity contribution >= 4 is 11.9 Å². The fourth-order valence-electron chi connectivity index (χ4n) is 1.49. The van der Waals surface area contributed by atoms with Gasteiger partial charge in [-0.1, -0.05) is 0 Å². The van der Waals surface area contributed by atoms with Crippen molar-refractivity contribution in [2.75, 3.05) is 24.1 Å². The highest BCUT2D eigenvalue weighted by atomic mass is 15.3. The van der Waals surface area contributed by atoms with E-state index in [4.69, 9.17) is 5.73 Å². The van der Waals surface area contributed by atoms with Crippen LogP contribution in [0.3, 0.4) is 0 Å². The van der Waals surface area contributed by atoms with Crippen LogP contribution >= 0.6 is 0 Å². The smallest absolute Gasteiger partial charge is 0.243 e. The lowest BCUT2D eigenvalue weighted by Gasteiger charge is -2.22. The standard InChI is InChI=1S/C7H14N6/c8-6-11-7(13-12-6)10-5-1-3-9-4-2-5/h5,9H,1-4H2,(H4,8,10,11,12,13). The molecule has 1 aliphatic rings. The molecule has 1 fully saturated rings. The number of hydrogen-bond donors (Lipinski definition) is 4. The topological polar surface area (TPSA) is 91.7 Å². The van der Waals surface area contributed by atoms with Crippen LogP contribution in [-0.4, -0.2) is 34.3 Å². The van der Waals surface area contributed by atoms with E-state index < -0.39 is 0 Å². The van der Waals surface area contributed by atoms with E-state index in [9.17, 15) is 0 Å². The van der Waals surface area contributed by atoms with E-state index >= 15 is 0 Å². The summed E-state index contributed by atoms with van der Waals surface area (Å²) >= 11 is 0. The Morgan fingerprint density at radius 1 is 1.38 bits per heavy atom. The zero-order valence-electron chi connectivity index (χ0n) is 7.38. The summed E-state index contributed by atoms with van der Waals surface area (Å²) in [4.78, 5) is 3.98. The molecule has 0 aromatic carbocycles. The minimum Gasteiger partial charge on any atom is -0.368 e. The lowest BCUT2D eigenvalue weighted by Crippen LogP contribution is -2.35. The SMILES string of the molecule is Nc1nc(NC2CCNCC2)n[nH]1. The van der Waals surface area contributed by atoms with Crippen LogP contribution in [0, 0.1) is 0 Å². The highest BCUT2D eigenvalue weighted by Gasteiger charge is 2.13. The highest BCUT2D eigenvalue weighted by molar-refractivity contribution is 5.30. The maximum Gasteiger partial charge on any atom is 0.243 e. The molecule has 2 rings (SSSR count). The Labute approximate surface area is 76.3 Å². The molecule has 1 aliphatic heterocycles. The largest absolute Gasteiger partial charge is 0.368 e. The molecule has 0 radical (unpaired) electrons. The number of H-pyrrole nitrogens is 1. The van der Waals surface area contributed by atoms with Gasteiger partial charge < -0.3 is 16.4 Å². The number of nitrogens with two attached hydrogens (primary N) is 1. The van der Waals surface area contributed by atoms with Crippen LogP contribution in [0.5, 0.6) is 0 Å². The van der Waals surface area contributed by atoms with Crippen molar-refractivity contribution in [3.05, 3.63) is 0 Å². The van der Waals surface area contributed by atoms with Crippen LogP contribution in [0.4, 0.5) is 11.9 Å². The summed E-state index contributed by atoms with van der Waals surface area (Å²) in [5.41, 5.74) is 5.40. The monoisotopic (exact) mass is 182 g/mol. The van der Waals surface area contributed by atoms with Gasteiger partial charge in [-0.3, -0.25) is 0 Å². The number of aromatic nitrogens is 3. The molecule has 0 aliphatic carbocycles. The van der Waals surface area contributed by atoms with E-state index in [1.165, 1.54) is 0 Å². The molecule has 0 unspecified atom stereocenters. The number of nitrogen functional groups attached to an aromatic ring is 1. The highest BCUT2D eigenvalue weighted by Crippen LogP contribution is 2.08. The second kappa shape index (κ2) is 3.61. The molecular formula is C7H14N6. The van der Waals surface area contributed by atoms with Crippen molar-refractivity contribution in [3.8, 4) is 0 Å². The molecule has 0 bridgehead atoms. The molecule has 0 amide bonds. The number of anilines is 2. The van der Waals surface area contributed by atoms with Gasteiger partial charge in [-0.05, 0) is 25.9 Å². The molecule has 13 heavy (non-hydrogen) atoms. The van der Waals surface area contributed by atoms with Crippen molar-refractivity contribution in [2.24, 2.45) is 0 Å². The number of rotatable bonds is 2. The van der Waals surface area contributed by atoms with E-state index in [0.29, 0.717) is 17.9 Å².